The maximum absolute atomic E-state index is 11.8. The van der Waals surface area contributed by atoms with E-state index in [0.717, 1.165) is 38.5 Å². The first-order valence-electron chi connectivity index (χ1n) is 6.10. The zero-order valence-corrected chi connectivity index (χ0v) is 10.1. The Morgan fingerprint density at radius 2 is 2.38 bits per heavy atom. The number of likely N-dealkylation sites (tertiary alicyclic amines) is 1. The van der Waals surface area contributed by atoms with Crippen LogP contribution in [0, 0.1) is 0 Å². The molecule has 0 radical (unpaired) electrons. The maximum atomic E-state index is 11.8. The lowest BCUT2D eigenvalue weighted by Crippen LogP contribution is -2.37. The highest BCUT2D eigenvalue weighted by atomic mass is 16.5. The van der Waals surface area contributed by atoms with Crippen LogP contribution in [0.2, 0.25) is 0 Å². The molecule has 0 saturated carbocycles. The molecule has 0 spiro atoms. The van der Waals surface area contributed by atoms with Gasteiger partial charge in [-0.25, -0.2) is 4.79 Å². The number of carbonyl (C=O) groups excluding carboxylic acids is 2. The van der Waals surface area contributed by atoms with Gasteiger partial charge in [0, 0.05) is 6.54 Å². The van der Waals surface area contributed by atoms with Crippen molar-refractivity contribution in [3.05, 3.63) is 0 Å². The minimum absolute atomic E-state index is 0.0402. The third kappa shape index (κ3) is 3.51. The van der Waals surface area contributed by atoms with E-state index in [9.17, 15) is 9.59 Å². The van der Waals surface area contributed by atoms with Gasteiger partial charge in [0.1, 0.15) is 6.04 Å². The normalized spacial score (nSPS) is 21.9. The van der Waals surface area contributed by atoms with Gasteiger partial charge in [-0.05, 0) is 26.2 Å². The zero-order valence-electron chi connectivity index (χ0n) is 10.1. The van der Waals surface area contributed by atoms with Gasteiger partial charge >= 0.3 is 5.97 Å². The predicted molar refractivity (Wildman–Crippen MR) is 60.9 cm³/mol. The van der Waals surface area contributed by atoms with Gasteiger partial charge in [0.15, 0.2) is 0 Å². The van der Waals surface area contributed by atoms with Crippen LogP contribution in [0.25, 0.3) is 0 Å². The van der Waals surface area contributed by atoms with Crippen molar-refractivity contribution in [1.82, 2.24) is 4.90 Å². The fraction of sp³-hybridized carbons (Fsp3) is 0.833. The first-order chi connectivity index (χ1) is 7.69. The fourth-order valence-electron chi connectivity index (χ4n) is 2.00. The maximum Gasteiger partial charge on any atom is 0.329 e. The van der Waals surface area contributed by atoms with E-state index in [0.29, 0.717) is 6.54 Å². The van der Waals surface area contributed by atoms with Crippen LogP contribution in [0.4, 0.5) is 0 Å². The van der Waals surface area contributed by atoms with Gasteiger partial charge in [0.2, 0.25) is 6.41 Å². The topological polar surface area (TPSA) is 46.6 Å². The van der Waals surface area contributed by atoms with Crippen LogP contribution in [0.5, 0.6) is 0 Å². The van der Waals surface area contributed by atoms with E-state index in [2.05, 4.69) is 6.92 Å². The van der Waals surface area contributed by atoms with Crippen LogP contribution in [-0.4, -0.2) is 36.0 Å². The van der Waals surface area contributed by atoms with E-state index in [1.165, 1.54) is 4.90 Å². The second kappa shape index (κ2) is 6.51. The Labute approximate surface area is 96.9 Å². The Bertz CT molecular complexity index is 242. The van der Waals surface area contributed by atoms with Crippen molar-refractivity contribution >= 4 is 12.4 Å². The van der Waals surface area contributed by atoms with Gasteiger partial charge in [0.05, 0.1) is 6.10 Å². The summed E-state index contributed by atoms with van der Waals surface area (Å²) in [7, 11) is 0. The molecular formula is C12H21NO3. The van der Waals surface area contributed by atoms with Crippen LogP contribution in [0.1, 0.15) is 46.0 Å². The molecule has 2 unspecified atom stereocenters. The third-order valence-corrected chi connectivity index (χ3v) is 2.98. The molecule has 1 saturated heterocycles. The van der Waals surface area contributed by atoms with Gasteiger partial charge in [-0.1, -0.05) is 19.8 Å². The SMILES string of the molecule is CCCCC(C)OC(=O)C1CCCN1C=O. The Balaban J connectivity index is 2.36. The van der Waals surface area contributed by atoms with E-state index < -0.39 is 0 Å². The van der Waals surface area contributed by atoms with Gasteiger partial charge < -0.3 is 9.64 Å². The van der Waals surface area contributed by atoms with Crippen LogP contribution in [0.3, 0.4) is 0 Å². The first-order valence-corrected chi connectivity index (χ1v) is 6.10. The lowest BCUT2D eigenvalue weighted by Gasteiger charge is -2.21. The largest absolute Gasteiger partial charge is 0.461 e. The molecule has 1 fully saturated rings. The molecule has 16 heavy (non-hydrogen) atoms. The lowest BCUT2D eigenvalue weighted by atomic mass is 10.2. The average Bonchev–Trinajstić information content (AvgIpc) is 2.74. The lowest BCUT2D eigenvalue weighted by molar-refractivity contribution is -0.155. The summed E-state index contributed by atoms with van der Waals surface area (Å²) in [6, 6.07) is -0.346. The fourth-order valence-corrected chi connectivity index (χ4v) is 2.00. The third-order valence-electron chi connectivity index (χ3n) is 2.98. The number of rotatable bonds is 6. The Kier molecular flexibility index (Phi) is 5.29. The molecule has 2 atom stereocenters. The van der Waals surface area contributed by atoms with Crippen molar-refractivity contribution in [2.45, 2.75) is 58.1 Å². The molecule has 1 aliphatic rings. The van der Waals surface area contributed by atoms with Crippen LogP contribution >= 0.6 is 0 Å². The molecule has 0 bridgehead atoms. The molecule has 0 aromatic rings. The number of nitrogens with zero attached hydrogens (tertiary/aromatic N) is 1. The highest BCUT2D eigenvalue weighted by molar-refractivity contribution is 5.78. The summed E-state index contributed by atoms with van der Waals surface area (Å²) in [6.45, 7) is 4.69. The molecule has 1 aliphatic heterocycles. The number of hydrogen-bond acceptors (Lipinski definition) is 3. The van der Waals surface area contributed by atoms with Crippen molar-refractivity contribution in [1.29, 1.82) is 0 Å². The Hall–Kier alpha value is -1.06. The number of unbranched alkanes of at least 4 members (excludes halogenated alkanes) is 1. The van der Waals surface area contributed by atoms with Crippen molar-refractivity contribution in [2.75, 3.05) is 6.54 Å². The van der Waals surface area contributed by atoms with Gasteiger partial charge in [0.25, 0.3) is 0 Å². The van der Waals surface area contributed by atoms with Gasteiger partial charge in [-0.15, -0.1) is 0 Å². The smallest absolute Gasteiger partial charge is 0.329 e. The van der Waals surface area contributed by atoms with E-state index in [4.69, 9.17) is 4.74 Å². The number of esters is 1. The quantitative estimate of drug-likeness (QED) is 0.513. The van der Waals surface area contributed by atoms with Gasteiger partial charge in [-0.3, -0.25) is 4.79 Å². The highest BCUT2D eigenvalue weighted by Gasteiger charge is 2.31. The standard InChI is InChI=1S/C12H21NO3/c1-3-4-6-10(2)16-12(15)11-7-5-8-13(11)9-14/h9-11H,3-8H2,1-2H3. The molecular weight excluding hydrogens is 206 g/mol. The summed E-state index contributed by atoms with van der Waals surface area (Å²) in [6.07, 6.45) is 5.40. The van der Waals surface area contributed by atoms with E-state index in [-0.39, 0.29) is 18.1 Å². The van der Waals surface area contributed by atoms with E-state index in [1.807, 2.05) is 6.92 Å². The molecule has 1 rings (SSSR count). The summed E-state index contributed by atoms with van der Waals surface area (Å²) >= 11 is 0. The number of amides is 1. The molecule has 92 valence electrons. The van der Waals surface area contributed by atoms with Gasteiger partial charge in [-0.2, -0.15) is 0 Å². The minimum atomic E-state index is -0.346. The van der Waals surface area contributed by atoms with Crippen molar-refractivity contribution in [3.63, 3.8) is 0 Å². The van der Waals surface area contributed by atoms with Crippen LogP contribution < -0.4 is 0 Å². The Morgan fingerprint density at radius 1 is 1.62 bits per heavy atom. The monoisotopic (exact) mass is 227 g/mol. The predicted octanol–water partition coefficient (Wildman–Crippen LogP) is 1.73. The second-order valence-electron chi connectivity index (χ2n) is 4.39. The Morgan fingerprint density at radius 3 is 3.00 bits per heavy atom. The molecule has 4 heteroatoms. The number of carbonyl (C=O) groups is 2. The summed E-state index contributed by atoms with van der Waals surface area (Å²) in [5, 5.41) is 0. The zero-order chi connectivity index (χ0) is 12.0. The molecule has 0 N–H and O–H groups in total. The summed E-state index contributed by atoms with van der Waals surface area (Å²) < 4.78 is 5.33. The number of ether oxygens (including phenoxy) is 1. The highest BCUT2D eigenvalue weighted by Crippen LogP contribution is 2.17. The molecule has 1 heterocycles. The molecule has 0 aliphatic carbocycles. The van der Waals surface area contributed by atoms with Crippen molar-refractivity contribution in [3.8, 4) is 0 Å². The summed E-state index contributed by atoms with van der Waals surface area (Å²) in [5.41, 5.74) is 0. The first kappa shape index (κ1) is 13.0. The molecule has 1 amide bonds. The molecule has 0 aromatic heterocycles. The summed E-state index contributed by atoms with van der Waals surface area (Å²) in [5.74, 6) is -0.242. The van der Waals surface area contributed by atoms with Crippen LogP contribution in [0.15, 0.2) is 0 Å². The van der Waals surface area contributed by atoms with Crippen molar-refractivity contribution < 1.29 is 14.3 Å². The van der Waals surface area contributed by atoms with Crippen LogP contribution in [-0.2, 0) is 14.3 Å². The van der Waals surface area contributed by atoms with E-state index >= 15 is 0 Å². The molecule has 0 aromatic carbocycles. The second-order valence-corrected chi connectivity index (χ2v) is 4.39. The minimum Gasteiger partial charge on any atom is -0.461 e. The molecule has 4 nitrogen and oxygen atoms in total. The van der Waals surface area contributed by atoms with E-state index in [1.54, 1.807) is 0 Å². The number of hydrogen-bond donors (Lipinski definition) is 0. The van der Waals surface area contributed by atoms with Crippen molar-refractivity contribution in [2.24, 2.45) is 0 Å². The average molecular weight is 227 g/mol. The summed E-state index contributed by atoms with van der Waals surface area (Å²) in [4.78, 5) is 24.0.